The highest BCUT2D eigenvalue weighted by Gasteiger charge is 2.44. The lowest BCUT2D eigenvalue weighted by molar-refractivity contribution is -0.231. The van der Waals surface area contributed by atoms with Gasteiger partial charge in [0.1, 0.15) is 42.6 Å². The van der Waals surface area contributed by atoms with Gasteiger partial charge in [-0.05, 0) is 65.1 Å². The van der Waals surface area contributed by atoms with Gasteiger partial charge in [-0.2, -0.15) is 8.78 Å². The molecular formula is C40H47ClF2N2O10. The van der Waals surface area contributed by atoms with Crippen LogP contribution in [0, 0.1) is 0 Å². The van der Waals surface area contributed by atoms with Gasteiger partial charge in [-0.25, -0.2) is 0 Å². The maximum Gasteiger partial charge on any atom is 0.345 e. The van der Waals surface area contributed by atoms with Gasteiger partial charge in [0, 0.05) is 5.02 Å². The number of rotatable bonds is 14. The number of aliphatic hydroxyl groups is 4. The summed E-state index contributed by atoms with van der Waals surface area (Å²) in [6.07, 6.45) is -4.58. The zero-order chi connectivity index (χ0) is 40.5. The van der Waals surface area contributed by atoms with Crippen molar-refractivity contribution in [3.8, 4) is 0 Å². The molecule has 12 nitrogen and oxygen atoms in total. The Balaban J connectivity index is 0.000000275. The molecule has 0 aliphatic carbocycles. The number of halogens is 3. The minimum Gasteiger partial charge on any atom is -0.480 e. The maximum atomic E-state index is 12.1. The molecule has 0 bridgehead atoms. The van der Waals surface area contributed by atoms with Crippen molar-refractivity contribution in [1.29, 1.82) is 0 Å². The lowest BCUT2D eigenvalue weighted by Crippen LogP contribution is -2.55. The molecule has 1 fully saturated rings. The first kappa shape index (κ1) is 45.0. The number of hydrogen-bond acceptors (Lipinski definition) is 10. The number of hydrogen-bond donors (Lipinski definition) is 8. The van der Waals surface area contributed by atoms with E-state index in [0.717, 1.165) is 27.8 Å². The van der Waals surface area contributed by atoms with Crippen molar-refractivity contribution in [2.45, 2.75) is 74.9 Å². The number of aliphatic hydroxyl groups excluding tert-OH is 4. The minimum absolute atomic E-state index is 0.0655. The molecule has 0 saturated carbocycles. The molecule has 1 aliphatic rings. The molecule has 1 aliphatic heterocycles. The van der Waals surface area contributed by atoms with Gasteiger partial charge in [0.25, 0.3) is 0 Å². The quantitative estimate of drug-likeness (QED) is 0.0919. The number of ether oxygens (including phenoxy) is 2. The van der Waals surface area contributed by atoms with Crippen molar-refractivity contribution in [2.75, 3.05) is 13.2 Å². The van der Waals surface area contributed by atoms with Crippen LogP contribution in [-0.2, 0) is 44.7 Å². The second kappa shape index (κ2) is 22.9. The number of carboxylic acid groups (broad SMARTS) is 2. The summed E-state index contributed by atoms with van der Waals surface area (Å²) in [6.45, 7) is -3.35. The summed E-state index contributed by atoms with van der Waals surface area (Å²) < 4.78 is 34.0. The molecule has 4 aromatic rings. The smallest absolute Gasteiger partial charge is 0.345 e. The van der Waals surface area contributed by atoms with E-state index >= 15 is 0 Å². The highest BCUT2D eigenvalue weighted by atomic mass is 35.5. The van der Waals surface area contributed by atoms with Gasteiger partial charge in [-0.3, -0.25) is 9.59 Å². The zero-order valence-corrected chi connectivity index (χ0v) is 30.5. The molecule has 7 atom stereocenters. The topological polar surface area (TPSA) is 226 Å². The van der Waals surface area contributed by atoms with Crippen molar-refractivity contribution in [2.24, 2.45) is 11.5 Å². The van der Waals surface area contributed by atoms with Gasteiger partial charge in [0.15, 0.2) is 0 Å². The Bertz CT molecular complexity index is 1680. The van der Waals surface area contributed by atoms with Crippen molar-refractivity contribution in [3.63, 3.8) is 0 Å². The molecule has 0 spiro atoms. The predicted octanol–water partition coefficient (Wildman–Crippen LogP) is 3.51. The summed E-state index contributed by atoms with van der Waals surface area (Å²) >= 11 is 6.34. The van der Waals surface area contributed by atoms with Crippen LogP contribution in [0.3, 0.4) is 0 Å². The summed E-state index contributed by atoms with van der Waals surface area (Å²) in [7, 11) is 0. The SMILES string of the molecule is N[C@@H](Cc1ccccc1)C(=O)O.N[C@@H](Cc1ccccc1)C(=O)O.OC[C@H]1O[C@@H](c2ccc(Cl)c(Cc3ccc(CCOC(F)F)cc3)c2)[C@H](O)[C@@H](O)[C@@H]1O. The molecule has 1 heterocycles. The van der Waals surface area contributed by atoms with Crippen LogP contribution in [-0.4, -0.2) is 98.9 Å². The van der Waals surface area contributed by atoms with E-state index in [1.807, 2.05) is 84.9 Å². The van der Waals surface area contributed by atoms with Crippen LogP contribution in [0.15, 0.2) is 103 Å². The van der Waals surface area contributed by atoms with Gasteiger partial charge in [0.05, 0.1) is 13.2 Å². The van der Waals surface area contributed by atoms with E-state index in [4.69, 9.17) is 38.0 Å². The van der Waals surface area contributed by atoms with E-state index in [-0.39, 0.29) is 6.61 Å². The predicted molar refractivity (Wildman–Crippen MR) is 201 cm³/mol. The second-order valence-corrected chi connectivity index (χ2v) is 13.2. The lowest BCUT2D eigenvalue weighted by Gasteiger charge is -2.40. The Kier molecular flexibility index (Phi) is 18.7. The zero-order valence-electron chi connectivity index (χ0n) is 29.8. The first-order valence-electron chi connectivity index (χ1n) is 17.3. The highest BCUT2D eigenvalue weighted by Crippen LogP contribution is 2.34. The Hall–Kier alpha value is -4.35. The molecule has 5 rings (SSSR count). The van der Waals surface area contributed by atoms with Crippen LogP contribution in [0.5, 0.6) is 0 Å². The summed E-state index contributed by atoms with van der Waals surface area (Å²) in [6, 6.07) is 29.6. The van der Waals surface area contributed by atoms with Crippen LogP contribution in [0.2, 0.25) is 5.02 Å². The monoisotopic (exact) mass is 788 g/mol. The van der Waals surface area contributed by atoms with Gasteiger partial charge in [-0.1, -0.05) is 109 Å². The summed E-state index contributed by atoms with van der Waals surface area (Å²) in [5, 5.41) is 57.3. The fraction of sp³-hybridized carbons (Fsp3) is 0.350. The van der Waals surface area contributed by atoms with Crippen LogP contribution in [0.4, 0.5) is 8.78 Å². The Morgan fingerprint density at radius 3 is 1.71 bits per heavy atom. The summed E-state index contributed by atoms with van der Waals surface area (Å²) in [5.74, 6) is -1.92. The third-order valence-electron chi connectivity index (χ3n) is 8.57. The van der Waals surface area contributed by atoms with E-state index in [0.29, 0.717) is 36.3 Å². The van der Waals surface area contributed by atoms with Gasteiger partial charge >= 0.3 is 18.6 Å². The Morgan fingerprint density at radius 1 is 0.727 bits per heavy atom. The molecule has 0 amide bonds. The van der Waals surface area contributed by atoms with E-state index in [2.05, 4.69) is 4.74 Å². The van der Waals surface area contributed by atoms with Crippen LogP contribution < -0.4 is 11.5 Å². The molecule has 298 valence electrons. The fourth-order valence-electron chi connectivity index (χ4n) is 5.50. The normalized spacial score (nSPS) is 20.3. The third-order valence-corrected chi connectivity index (χ3v) is 8.94. The first-order valence-corrected chi connectivity index (χ1v) is 17.7. The van der Waals surface area contributed by atoms with Gasteiger partial charge in [0.2, 0.25) is 0 Å². The van der Waals surface area contributed by atoms with E-state index in [1.54, 1.807) is 18.2 Å². The van der Waals surface area contributed by atoms with Crippen LogP contribution in [0.1, 0.15) is 39.5 Å². The van der Waals surface area contributed by atoms with E-state index < -0.39 is 67.8 Å². The summed E-state index contributed by atoms with van der Waals surface area (Å²) in [5.41, 5.74) is 15.7. The molecule has 0 radical (unpaired) electrons. The third kappa shape index (κ3) is 15.0. The lowest BCUT2D eigenvalue weighted by atomic mass is 9.90. The van der Waals surface area contributed by atoms with Crippen molar-refractivity contribution in [1.82, 2.24) is 0 Å². The van der Waals surface area contributed by atoms with E-state index in [1.165, 1.54) is 0 Å². The number of benzene rings is 4. The maximum absolute atomic E-state index is 12.1. The van der Waals surface area contributed by atoms with Crippen molar-refractivity contribution in [3.05, 3.63) is 142 Å². The largest absolute Gasteiger partial charge is 0.480 e. The van der Waals surface area contributed by atoms with Crippen molar-refractivity contribution < 1.29 is 58.5 Å². The average molecular weight is 789 g/mol. The molecule has 0 aromatic heterocycles. The van der Waals surface area contributed by atoms with E-state index in [9.17, 15) is 38.8 Å². The van der Waals surface area contributed by atoms with Crippen LogP contribution in [0.25, 0.3) is 0 Å². The molecule has 4 aromatic carbocycles. The molecule has 10 N–H and O–H groups in total. The Labute approximate surface area is 322 Å². The van der Waals surface area contributed by atoms with Gasteiger partial charge < -0.3 is 51.6 Å². The Morgan fingerprint density at radius 2 is 1.24 bits per heavy atom. The standard InChI is InChI=1S/C22H25ClF2O6.2C9H11NO2/c23-16-6-5-14(21-20(29)19(28)18(27)17(11-26)31-21)10-15(16)9-13-3-1-12(2-4-13)7-8-30-22(24)25;2*10-8(9(11)12)6-7-4-2-1-3-5-7/h1-6,10,17-22,26-29H,7-9,11H2;2*1-5,8H,6,10H2,(H,11,12)/t17-,18-,19+,20-,21+;2*8-/m100/s1. The van der Waals surface area contributed by atoms with Gasteiger partial charge in [-0.15, -0.1) is 0 Å². The molecule has 0 unspecified atom stereocenters. The number of carboxylic acids is 2. The number of aliphatic carboxylic acids is 2. The molecule has 55 heavy (non-hydrogen) atoms. The number of carbonyl (C=O) groups is 2. The average Bonchev–Trinajstić information content (AvgIpc) is 3.17. The number of alkyl halides is 2. The second-order valence-electron chi connectivity index (χ2n) is 12.7. The molecular weight excluding hydrogens is 742 g/mol. The molecule has 15 heteroatoms. The fourth-order valence-corrected chi connectivity index (χ4v) is 5.69. The minimum atomic E-state index is -2.78. The molecule has 1 saturated heterocycles. The highest BCUT2D eigenvalue weighted by molar-refractivity contribution is 6.31. The van der Waals surface area contributed by atoms with Crippen molar-refractivity contribution >= 4 is 23.5 Å². The van der Waals surface area contributed by atoms with Crippen LogP contribution >= 0.6 is 11.6 Å². The summed E-state index contributed by atoms with van der Waals surface area (Å²) in [4.78, 5) is 20.8. The number of nitrogens with two attached hydrogens (primary N) is 2. The first-order chi connectivity index (χ1) is 26.2.